The van der Waals surface area contributed by atoms with E-state index in [1.165, 1.54) is 49.4 Å². The van der Waals surface area contributed by atoms with Gasteiger partial charge in [0.05, 0.1) is 31.3 Å². The summed E-state index contributed by atoms with van der Waals surface area (Å²) in [5.74, 6) is 12.7. The van der Waals surface area contributed by atoms with E-state index in [2.05, 4.69) is 127 Å². The Labute approximate surface area is 383 Å². The Kier molecular flexibility index (Phi) is 15.5. The van der Waals surface area contributed by atoms with Gasteiger partial charge in [0.2, 0.25) is 0 Å². The second-order valence-electron chi connectivity index (χ2n) is 13.5. The van der Waals surface area contributed by atoms with Crippen molar-refractivity contribution < 1.29 is 23.3 Å². The molecule has 8 heteroatoms. The zero-order valence-electron chi connectivity index (χ0n) is 33.2. The molecule has 0 aliphatic heterocycles. The topological polar surface area (TPSA) is 79.9 Å². The number of rotatable bonds is 3. The molecule has 0 saturated heterocycles. The van der Waals surface area contributed by atoms with Crippen molar-refractivity contribution in [1.29, 1.82) is 0 Å². The summed E-state index contributed by atoms with van der Waals surface area (Å²) in [5, 5.41) is 20.5. The molecule has 0 radical (unpaired) electrons. The summed E-state index contributed by atoms with van der Waals surface area (Å²) in [5.41, 5.74) is 9.96. The zero-order chi connectivity index (χ0) is 42.9. The van der Waals surface area contributed by atoms with Crippen LogP contribution in [-0.2, 0) is 0 Å². The summed E-state index contributed by atoms with van der Waals surface area (Å²) in [6, 6.07) is 60.4. The van der Waals surface area contributed by atoms with Gasteiger partial charge >= 0.3 is 7.12 Å². The molecular weight excluding hydrogens is 946 g/mol. The van der Waals surface area contributed by atoms with Gasteiger partial charge in [-0.25, -0.2) is 0 Å². The molecule has 0 unspecified atom stereocenters. The summed E-state index contributed by atoms with van der Waals surface area (Å²) in [7, 11) is -1.41. The maximum absolute atomic E-state index is 8.41. The number of furan rings is 3. The molecular formula is C54H37BBrIO5. The summed E-state index contributed by atoms with van der Waals surface area (Å²) in [6.07, 6.45) is 7.86. The summed E-state index contributed by atoms with van der Waals surface area (Å²) in [6.45, 7) is 0. The highest BCUT2D eigenvalue weighted by Gasteiger charge is 2.16. The average Bonchev–Trinajstić information content (AvgIpc) is 4.16. The molecule has 0 spiro atoms. The van der Waals surface area contributed by atoms with Gasteiger partial charge in [-0.05, 0) is 116 Å². The van der Waals surface area contributed by atoms with Crippen molar-refractivity contribution in [3.8, 4) is 45.9 Å². The van der Waals surface area contributed by atoms with Crippen LogP contribution in [0.2, 0.25) is 0 Å². The van der Waals surface area contributed by atoms with E-state index in [1.54, 1.807) is 18.8 Å². The molecule has 3 heterocycles. The Bertz CT molecular complexity index is 3070. The Balaban J connectivity index is 0.000000130. The second kappa shape index (κ2) is 22.2. The van der Waals surface area contributed by atoms with E-state index in [-0.39, 0.29) is 0 Å². The van der Waals surface area contributed by atoms with E-state index in [9.17, 15) is 0 Å². The molecule has 3 aromatic heterocycles. The minimum Gasteiger partial charge on any atom is -0.473 e. The van der Waals surface area contributed by atoms with Gasteiger partial charge in [0, 0.05) is 57.8 Å². The lowest BCUT2D eigenvalue weighted by Crippen LogP contribution is -2.27. The molecule has 5 nitrogen and oxygen atoms in total. The quantitative estimate of drug-likeness (QED) is 0.105. The van der Waals surface area contributed by atoms with Crippen molar-refractivity contribution in [1.82, 2.24) is 0 Å². The summed E-state index contributed by atoms with van der Waals surface area (Å²) < 4.78 is 17.8. The highest BCUT2D eigenvalue weighted by atomic mass is 127. The minimum absolute atomic E-state index is 0.380. The lowest BCUT2D eigenvalue weighted by molar-refractivity contribution is 0.425. The number of hydrogen-bond acceptors (Lipinski definition) is 5. The molecule has 300 valence electrons. The van der Waals surface area contributed by atoms with Crippen LogP contribution in [0.1, 0.15) is 22.3 Å². The van der Waals surface area contributed by atoms with Crippen molar-refractivity contribution in [3.63, 3.8) is 0 Å². The second-order valence-corrected chi connectivity index (χ2v) is 15.4. The monoisotopic (exact) mass is 982 g/mol. The molecule has 0 saturated carbocycles. The van der Waals surface area contributed by atoms with Crippen LogP contribution in [0.25, 0.3) is 44.0 Å². The van der Waals surface area contributed by atoms with Gasteiger partial charge in [0.25, 0.3) is 0 Å². The molecule has 62 heavy (non-hydrogen) atoms. The van der Waals surface area contributed by atoms with E-state index < -0.39 is 7.12 Å². The summed E-state index contributed by atoms with van der Waals surface area (Å²) in [4.78, 5) is 0. The predicted octanol–water partition coefficient (Wildman–Crippen LogP) is 13.0. The Hall–Kier alpha value is -6.79. The third-order valence-electron chi connectivity index (χ3n) is 9.33. The van der Waals surface area contributed by atoms with Gasteiger partial charge < -0.3 is 23.3 Å². The minimum atomic E-state index is -1.41. The standard InChI is InChI=1S/C18H11IO.C18H12O.C14H9Br.C4H5BO3/c19-17-14-9-5-4-8-13(14)15-10-11-20-18(15)16(17)12-6-2-1-3-7-12;1-2-6-15(7-3-1)10-11-16-8-4-5-9-18(16)17-12-13-19-14-17;15-14-9-5-4-8-13(14)11-10-12-6-2-1-3-7-12;6-5(7)4-1-2-8-3-4/h1-11H;1-9,12-14H;1-9H;1-3,6-7H. The molecule has 0 aliphatic rings. The average molecular weight is 984 g/mol. The molecule has 0 amide bonds. The van der Waals surface area contributed by atoms with Crippen LogP contribution < -0.4 is 5.46 Å². The molecule has 10 aromatic rings. The van der Waals surface area contributed by atoms with Crippen LogP contribution in [0.3, 0.4) is 0 Å². The fraction of sp³-hybridized carbons (Fsp3) is 0. The lowest BCUT2D eigenvalue weighted by Gasteiger charge is -2.10. The van der Waals surface area contributed by atoms with Crippen molar-refractivity contribution in [2.45, 2.75) is 0 Å². The van der Waals surface area contributed by atoms with Gasteiger partial charge in [-0.3, -0.25) is 0 Å². The smallest absolute Gasteiger partial charge is 0.473 e. The fourth-order valence-electron chi connectivity index (χ4n) is 6.29. The first-order valence-corrected chi connectivity index (χ1v) is 21.3. The first kappa shape index (κ1) is 43.3. The molecule has 0 fully saturated rings. The SMILES string of the molecule is Brc1ccccc1C#Cc1ccccc1.C(#Cc1ccccc1-c1ccoc1)c1ccccc1.Ic1c(-c2ccccc2)c2occc2c2ccccc12.OB(O)c1ccoc1. The van der Waals surface area contributed by atoms with Gasteiger partial charge in [0.15, 0.2) is 0 Å². The van der Waals surface area contributed by atoms with Crippen LogP contribution in [0.5, 0.6) is 0 Å². The van der Waals surface area contributed by atoms with Crippen LogP contribution in [0.15, 0.2) is 231 Å². The van der Waals surface area contributed by atoms with E-state index in [1.807, 2.05) is 115 Å². The van der Waals surface area contributed by atoms with E-state index in [0.29, 0.717) is 5.46 Å². The van der Waals surface area contributed by atoms with Gasteiger partial charge in [-0.2, -0.15) is 0 Å². The molecule has 7 aromatic carbocycles. The molecule has 0 aliphatic carbocycles. The highest BCUT2D eigenvalue weighted by molar-refractivity contribution is 14.1. The lowest BCUT2D eigenvalue weighted by atomic mass is 9.83. The number of fused-ring (bicyclic) bond motifs is 3. The molecule has 0 bridgehead atoms. The van der Waals surface area contributed by atoms with Crippen LogP contribution in [0, 0.1) is 27.3 Å². The number of benzene rings is 7. The number of halogens is 2. The van der Waals surface area contributed by atoms with Crippen molar-refractivity contribution in [2.24, 2.45) is 0 Å². The number of hydrogen-bond donors (Lipinski definition) is 2. The highest BCUT2D eigenvalue weighted by Crippen LogP contribution is 2.40. The van der Waals surface area contributed by atoms with E-state index in [4.69, 9.17) is 18.9 Å². The third kappa shape index (κ3) is 11.5. The van der Waals surface area contributed by atoms with Crippen molar-refractivity contribution >= 4 is 72.8 Å². The van der Waals surface area contributed by atoms with Crippen molar-refractivity contribution in [2.75, 3.05) is 0 Å². The maximum atomic E-state index is 8.41. The largest absolute Gasteiger partial charge is 0.491 e. The van der Waals surface area contributed by atoms with Gasteiger partial charge in [-0.1, -0.05) is 145 Å². The molecule has 10 rings (SSSR count). The predicted molar refractivity (Wildman–Crippen MR) is 264 cm³/mol. The first-order chi connectivity index (χ1) is 30.5. The first-order valence-electron chi connectivity index (χ1n) is 19.5. The van der Waals surface area contributed by atoms with Gasteiger partial charge in [-0.15, -0.1) is 0 Å². The van der Waals surface area contributed by atoms with E-state index in [0.717, 1.165) is 43.4 Å². The maximum Gasteiger partial charge on any atom is 0.491 e. The van der Waals surface area contributed by atoms with Crippen molar-refractivity contribution in [3.05, 3.63) is 244 Å². The Morgan fingerprint density at radius 1 is 0.468 bits per heavy atom. The van der Waals surface area contributed by atoms with Crippen LogP contribution >= 0.6 is 38.5 Å². The van der Waals surface area contributed by atoms with Crippen LogP contribution in [-0.4, -0.2) is 17.2 Å². The molecule has 0 atom stereocenters. The Morgan fingerprint density at radius 3 is 1.61 bits per heavy atom. The summed E-state index contributed by atoms with van der Waals surface area (Å²) >= 11 is 5.90. The van der Waals surface area contributed by atoms with E-state index >= 15 is 0 Å². The molecule has 2 N–H and O–H groups in total. The third-order valence-corrected chi connectivity index (χ3v) is 11.1. The Morgan fingerprint density at radius 2 is 1.02 bits per heavy atom. The fourth-order valence-corrected chi connectivity index (χ4v) is 7.70. The van der Waals surface area contributed by atoms with Crippen LogP contribution in [0.4, 0.5) is 0 Å². The normalized spacial score (nSPS) is 10.0. The zero-order valence-corrected chi connectivity index (χ0v) is 36.9. The van der Waals surface area contributed by atoms with Gasteiger partial charge in [0.1, 0.15) is 5.58 Å².